The van der Waals surface area contributed by atoms with Gasteiger partial charge in [0.2, 0.25) is 11.8 Å². The van der Waals surface area contributed by atoms with Crippen LogP contribution in [0.25, 0.3) is 0 Å². The molecule has 1 aromatic rings. The van der Waals surface area contributed by atoms with Gasteiger partial charge in [-0.2, -0.15) is 0 Å². The zero-order valence-electron chi connectivity index (χ0n) is 10.4. The Bertz CT molecular complexity index is 484. The SMILES string of the molecule is NC(=O)C1CN(Cc2cccc(F)c2)CC1C(N)=O. The van der Waals surface area contributed by atoms with E-state index in [1.54, 1.807) is 12.1 Å². The van der Waals surface area contributed by atoms with Gasteiger partial charge in [-0.1, -0.05) is 12.1 Å². The second kappa shape index (κ2) is 5.36. The normalized spacial score (nSPS) is 23.4. The van der Waals surface area contributed by atoms with Gasteiger partial charge >= 0.3 is 0 Å². The van der Waals surface area contributed by atoms with E-state index in [9.17, 15) is 14.0 Å². The zero-order valence-corrected chi connectivity index (χ0v) is 10.4. The highest BCUT2D eigenvalue weighted by molar-refractivity contribution is 5.87. The van der Waals surface area contributed by atoms with Crippen molar-refractivity contribution in [2.45, 2.75) is 6.54 Å². The number of nitrogens with zero attached hydrogens (tertiary/aromatic N) is 1. The van der Waals surface area contributed by atoms with Gasteiger partial charge in [0.15, 0.2) is 0 Å². The van der Waals surface area contributed by atoms with Crippen LogP contribution in [0.2, 0.25) is 0 Å². The molecule has 1 aliphatic rings. The Morgan fingerprint density at radius 2 is 1.79 bits per heavy atom. The molecule has 6 heteroatoms. The van der Waals surface area contributed by atoms with Gasteiger partial charge in [-0.3, -0.25) is 14.5 Å². The summed E-state index contributed by atoms with van der Waals surface area (Å²) in [5.74, 6) is -2.48. The molecule has 1 aromatic carbocycles. The van der Waals surface area contributed by atoms with Crippen LogP contribution in [0, 0.1) is 17.7 Å². The summed E-state index contributed by atoms with van der Waals surface area (Å²) in [6.07, 6.45) is 0. The van der Waals surface area contributed by atoms with E-state index in [1.807, 2.05) is 4.90 Å². The number of hydrogen-bond acceptors (Lipinski definition) is 3. The lowest BCUT2D eigenvalue weighted by Crippen LogP contribution is -2.36. The van der Waals surface area contributed by atoms with Crippen molar-refractivity contribution >= 4 is 11.8 Å². The van der Waals surface area contributed by atoms with E-state index in [1.165, 1.54) is 12.1 Å². The molecule has 4 N–H and O–H groups in total. The summed E-state index contributed by atoms with van der Waals surface area (Å²) in [6.45, 7) is 1.21. The van der Waals surface area contributed by atoms with Gasteiger partial charge < -0.3 is 11.5 Å². The maximum absolute atomic E-state index is 13.1. The molecule has 0 saturated carbocycles. The molecule has 102 valence electrons. The number of primary amides is 2. The molecule has 1 saturated heterocycles. The average molecular weight is 265 g/mol. The third-order valence-corrected chi connectivity index (χ3v) is 3.42. The summed E-state index contributed by atoms with van der Waals surface area (Å²) in [5, 5.41) is 0. The third-order valence-electron chi connectivity index (χ3n) is 3.42. The number of carbonyl (C=O) groups is 2. The fourth-order valence-electron chi connectivity index (χ4n) is 2.48. The van der Waals surface area contributed by atoms with Crippen molar-refractivity contribution in [2.24, 2.45) is 23.3 Å². The molecule has 5 nitrogen and oxygen atoms in total. The minimum absolute atomic E-state index is 0.311. The van der Waals surface area contributed by atoms with Gasteiger partial charge in [0.1, 0.15) is 5.82 Å². The van der Waals surface area contributed by atoms with Crippen LogP contribution in [-0.4, -0.2) is 29.8 Å². The molecular weight excluding hydrogens is 249 g/mol. The molecule has 0 spiro atoms. The lowest BCUT2D eigenvalue weighted by Gasteiger charge is -2.15. The first-order valence-corrected chi connectivity index (χ1v) is 6.03. The van der Waals surface area contributed by atoms with Gasteiger partial charge in [0.25, 0.3) is 0 Å². The van der Waals surface area contributed by atoms with E-state index in [4.69, 9.17) is 11.5 Å². The summed E-state index contributed by atoms with van der Waals surface area (Å²) in [7, 11) is 0. The van der Waals surface area contributed by atoms with Crippen molar-refractivity contribution < 1.29 is 14.0 Å². The maximum Gasteiger partial charge on any atom is 0.222 e. The Kier molecular flexibility index (Phi) is 3.80. The van der Waals surface area contributed by atoms with Gasteiger partial charge in [-0.05, 0) is 17.7 Å². The van der Waals surface area contributed by atoms with Crippen molar-refractivity contribution in [1.29, 1.82) is 0 Å². The van der Waals surface area contributed by atoms with Crippen LogP contribution < -0.4 is 11.5 Å². The minimum atomic E-state index is -0.564. The first kappa shape index (κ1) is 13.5. The molecule has 2 unspecified atom stereocenters. The third kappa shape index (κ3) is 3.08. The highest BCUT2D eigenvalue weighted by Crippen LogP contribution is 2.24. The second-order valence-electron chi connectivity index (χ2n) is 4.84. The molecule has 2 rings (SSSR count). The van der Waals surface area contributed by atoms with Crippen LogP contribution in [0.1, 0.15) is 5.56 Å². The largest absolute Gasteiger partial charge is 0.369 e. The topological polar surface area (TPSA) is 89.4 Å². The van der Waals surface area contributed by atoms with E-state index in [2.05, 4.69) is 0 Å². The van der Waals surface area contributed by atoms with Crippen LogP contribution in [0.15, 0.2) is 24.3 Å². The quantitative estimate of drug-likeness (QED) is 0.793. The lowest BCUT2D eigenvalue weighted by atomic mass is 9.95. The van der Waals surface area contributed by atoms with Crippen LogP contribution in [0.3, 0.4) is 0 Å². The number of amides is 2. The van der Waals surface area contributed by atoms with Crippen LogP contribution >= 0.6 is 0 Å². The summed E-state index contributed by atoms with van der Waals surface area (Å²) >= 11 is 0. The number of carbonyl (C=O) groups excluding carboxylic acids is 2. The van der Waals surface area contributed by atoms with Gasteiger partial charge in [-0.15, -0.1) is 0 Å². The molecule has 0 bridgehead atoms. The van der Waals surface area contributed by atoms with Crippen molar-refractivity contribution in [3.63, 3.8) is 0 Å². The Morgan fingerprint density at radius 1 is 1.21 bits per heavy atom. The molecule has 1 fully saturated rings. The van der Waals surface area contributed by atoms with Gasteiger partial charge in [0.05, 0.1) is 11.8 Å². The second-order valence-corrected chi connectivity index (χ2v) is 4.84. The van der Waals surface area contributed by atoms with Crippen LogP contribution in [0.5, 0.6) is 0 Å². The van der Waals surface area contributed by atoms with Crippen molar-refractivity contribution in [1.82, 2.24) is 4.90 Å². The summed E-state index contributed by atoms with van der Waals surface area (Å²) in [5.41, 5.74) is 11.3. The fourth-order valence-corrected chi connectivity index (χ4v) is 2.48. The predicted octanol–water partition coefficient (Wildman–Crippen LogP) is -0.156. The maximum atomic E-state index is 13.1. The number of nitrogens with two attached hydrogens (primary N) is 2. The standard InChI is InChI=1S/C13H16FN3O2/c14-9-3-1-2-8(4-9)5-17-6-10(12(15)18)11(7-17)13(16)19/h1-4,10-11H,5-7H2,(H2,15,18)(H2,16,19). The average Bonchev–Trinajstić information content (AvgIpc) is 2.73. The number of likely N-dealkylation sites (tertiary alicyclic amines) is 1. The Hall–Kier alpha value is -1.95. The molecule has 0 aromatic heterocycles. The Morgan fingerprint density at radius 3 is 2.26 bits per heavy atom. The van der Waals surface area contributed by atoms with E-state index in [0.29, 0.717) is 19.6 Å². The van der Waals surface area contributed by atoms with Gasteiger partial charge in [-0.25, -0.2) is 4.39 Å². The van der Waals surface area contributed by atoms with E-state index >= 15 is 0 Å². The predicted molar refractivity (Wildman–Crippen MR) is 67.0 cm³/mol. The summed E-state index contributed by atoms with van der Waals surface area (Å²) < 4.78 is 13.1. The Balaban J connectivity index is 2.07. The van der Waals surface area contributed by atoms with E-state index in [-0.39, 0.29) is 5.82 Å². The molecule has 2 atom stereocenters. The van der Waals surface area contributed by atoms with Crippen LogP contribution in [-0.2, 0) is 16.1 Å². The summed E-state index contributed by atoms with van der Waals surface area (Å²) in [6, 6.07) is 6.21. The molecule has 1 aliphatic heterocycles. The highest BCUT2D eigenvalue weighted by atomic mass is 19.1. The zero-order chi connectivity index (χ0) is 14.0. The van der Waals surface area contributed by atoms with E-state index in [0.717, 1.165) is 5.56 Å². The van der Waals surface area contributed by atoms with Crippen molar-refractivity contribution in [3.8, 4) is 0 Å². The number of benzene rings is 1. The number of hydrogen-bond donors (Lipinski definition) is 2. The fraction of sp³-hybridized carbons (Fsp3) is 0.385. The van der Waals surface area contributed by atoms with Crippen LogP contribution in [0.4, 0.5) is 4.39 Å². The first-order valence-electron chi connectivity index (χ1n) is 6.03. The molecular formula is C13H16FN3O2. The monoisotopic (exact) mass is 265 g/mol. The molecule has 0 aliphatic carbocycles. The molecule has 0 radical (unpaired) electrons. The highest BCUT2D eigenvalue weighted by Gasteiger charge is 2.39. The number of rotatable bonds is 4. The molecule has 1 heterocycles. The Labute approximate surface area is 110 Å². The van der Waals surface area contributed by atoms with Crippen molar-refractivity contribution in [2.75, 3.05) is 13.1 Å². The summed E-state index contributed by atoms with van der Waals surface area (Å²) in [4.78, 5) is 24.5. The van der Waals surface area contributed by atoms with Gasteiger partial charge in [0, 0.05) is 19.6 Å². The van der Waals surface area contributed by atoms with E-state index < -0.39 is 23.7 Å². The lowest BCUT2D eigenvalue weighted by molar-refractivity contribution is -0.129. The number of halogens is 1. The molecule has 19 heavy (non-hydrogen) atoms. The molecule has 2 amide bonds. The first-order chi connectivity index (χ1) is 8.97. The smallest absolute Gasteiger partial charge is 0.222 e. The minimum Gasteiger partial charge on any atom is -0.369 e. The van der Waals surface area contributed by atoms with Crippen molar-refractivity contribution in [3.05, 3.63) is 35.6 Å².